The van der Waals surface area contributed by atoms with Gasteiger partial charge < -0.3 is 5.11 Å². The minimum atomic E-state index is -2.17. The van der Waals surface area contributed by atoms with E-state index in [1.165, 1.54) is 0 Å². The van der Waals surface area contributed by atoms with Gasteiger partial charge in [-0.2, -0.15) is 4.39 Å². The van der Waals surface area contributed by atoms with Crippen molar-refractivity contribution in [3.05, 3.63) is 41.0 Å². The third kappa shape index (κ3) is 1.42. The smallest absolute Gasteiger partial charge is 0.204 e. The molecule has 0 unspecified atom stereocenters. The summed E-state index contributed by atoms with van der Waals surface area (Å²) in [5.41, 5.74) is 0. The van der Waals surface area contributed by atoms with E-state index in [0.717, 1.165) is 0 Å². The number of hydrogen-bond acceptors (Lipinski definition) is 1. The summed E-state index contributed by atoms with van der Waals surface area (Å²) in [7, 11) is 0. The van der Waals surface area contributed by atoms with Crippen molar-refractivity contribution in [3.63, 3.8) is 0 Å². The third-order valence-electron chi connectivity index (χ3n) is 2.23. The van der Waals surface area contributed by atoms with Crippen molar-refractivity contribution in [1.82, 2.24) is 0 Å². The van der Waals surface area contributed by atoms with E-state index in [9.17, 15) is 26.3 Å². The molecule has 2 aromatic carbocycles. The molecule has 90 valence electrons. The van der Waals surface area contributed by atoms with Crippen molar-refractivity contribution < 1.29 is 31.4 Å². The zero-order valence-electron chi connectivity index (χ0n) is 7.79. The van der Waals surface area contributed by atoms with Crippen LogP contribution in [0.5, 0.6) is 5.75 Å². The number of rotatable bonds is 0. The van der Waals surface area contributed by atoms with E-state index >= 15 is 0 Å². The number of hydrogen-bond donors (Lipinski definition) is 1. The maximum absolute atomic E-state index is 13.2. The SMILES string of the molecule is Oc1c(F)c(F)c(F)c2c(F)c(F)c(F)cc12. The minimum Gasteiger partial charge on any atom is -0.504 e. The van der Waals surface area contributed by atoms with Gasteiger partial charge in [-0.05, 0) is 6.07 Å². The van der Waals surface area contributed by atoms with Gasteiger partial charge in [0.15, 0.2) is 34.8 Å². The molecule has 0 aliphatic rings. The standard InChI is InChI=1S/C10H2F6O/c11-3-1-2-4(6(13)5(3)12)7(14)8(15)9(16)10(2)17/h1,17H. The van der Waals surface area contributed by atoms with Crippen LogP contribution in [0, 0.1) is 34.9 Å². The normalized spacial score (nSPS) is 11.2. The van der Waals surface area contributed by atoms with E-state index in [1.807, 2.05) is 0 Å². The molecular formula is C10H2F6O. The number of benzene rings is 2. The van der Waals surface area contributed by atoms with Gasteiger partial charge in [0.25, 0.3) is 0 Å². The molecule has 1 nitrogen and oxygen atoms in total. The van der Waals surface area contributed by atoms with Crippen molar-refractivity contribution >= 4 is 10.8 Å². The zero-order valence-corrected chi connectivity index (χ0v) is 7.79. The molecule has 2 aromatic rings. The highest BCUT2D eigenvalue weighted by Crippen LogP contribution is 2.35. The van der Waals surface area contributed by atoms with Crippen LogP contribution in [0.2, 0.25) is 0 Å². The highest BCUT2D eigenvalue weighted by atomic mass is 19.2. The van der Waals surface area contributed by atoms with Gasteiger partial charge in [-0.25, -0.2) is 22.0 Å². The van der Waals surface area contributed by atoms with Gasteiger partial charge in [0.1, 0.15) is 0 Å². The molecular weight excluding hydrogens is 250 g/mol. The van der Waals surface area contributed by atoms with Crippen LogP contribution in [0.4, 0.5) is 26.3 Å². The second kappa shape index (κ2) is 3.54. The third-order valence-corrected chi connectivity index (χ3v) is 2.23. The van der Waals surface area contributed by atoms with Crippen LogP contribution in [0.3, 0.4) is 0 Å². The summed E-state index contributed by atoms with van der Waals surface area (Å²) in [6.45, 7) is 0. The van der Waals surface area contributed by atoms with Crippen LogP contribution in [-0.4, -0.2) is 5.11 Å². The molecule has 2 rings (SSSR count). The molecule has 0 saturated carbocycles. The van der Waals surface area contributed by atoms with Crippen LogP contribution >= 0.6 is 0 Å². The van der Waals surface area contributed by atoms with E-state index in [4.69, 9.17) is 5.11 Å². The van der Waals surface area contributed by atoms with Gasteiger partial charge in [-0.3, -0.25) is 0 Å². The van der Waals surface area contributed by atoms with Crippen molar-refractivity contribution in [2.45, 2.75) is 0 Å². The van der Waals surface area contributed by atoms with E-state index in [0.29, 0.717) is 0 Å². The van der Waals surface area contributed by atoms with E-state index < -0.39 is 51.4 Å². The minimum absolute atomic E-state index is 0.175. The lowest BCUT2D eigenvalue weighted by Gasteiger charge is -2.07. The zero-order chi connectivity index (χ0) is 12.9. The van der Waals surface area contributed by atoms with Gasteiger partial charge in [-0.1, -0.05) is 0 Å². The van der Waals surface area contributed by atoms with E-state index in [2.05, 4.69) is 0 Å². The van der Waals surface area contributed by atoms with Gasteiger partial charge in [0.2, 0.25) is 5.82 Å². The molecule has 1 N–H and O–H groups in total. The Balaban J connectivity index is 3.12. The molecule has 0 saturated heterocycles. The van der Waals surface area contributed by atoms with Crippen molar-refractivity contribution in [1.29, 1.82) is 0 Å². The average Bonchev–Trinajstić information content (AvgIpc) is 2.30. The fourth-order valence-electron chi connectivity index (χ4n) is 1.42. The summed E-state index contributed by atoms with van der Waals surface area (Å²) in [5, 5.41) is 6.73. The fraction of sp³-hybridized carbons (Fsp3) is 0. The van der Waals surface area contributed by atoms with Gasteiger partial charge in [-0.15, -0.1) is 0 Å². The predicted octanol–water partition coefficient (Wildman–Crippen LogP) is 3.38. The molecule has 0 amide bonds. The molecule has 0 heterocycles. The summed E-state index contributed by atoms with van der Waals surface area (Å²) in [6, 6.07) is 0.175. The topological polar surface area (TPSA) is 20.2 Å². The van der Waals surface area contributed by atoms with Gasteiger partial charge >= 0.3 is 0 Å². The lowest BCUT2D eigenvalue weighted by Crippen LogP contribution is -2.00. The Morgan fingerprint density at radius 3 is 1.82 bits per heavy atom. The van der Waals surface area contributed by atoms with Crippen molar-refractivity contribution in [2.24, 2.45) is 0 Å². The Morgan fingerprint density at radius 1 is 0.706 bits per heavy atom. The largest absolute Gasteiger partial charge is 0.504 e. The molecule has 0 aliphatic heterocycles. The first-order valence-corrected chi connectivity index (χ1v) is 4.18. The van der Waals surface area contributed by atoms with Gasteiger partial charge in [0, 0.05) is 5.39 Å². The number of phenolic OH excluding ortho intramolecular Hbond substituents is 1. The summed E-state index contributed by atoms with van der Waals surface area (Å²) in [5.74, 6) is -13.5. The summed E-state index contributed by atoms with van der Waals surface area (Å²) < 4.78 is 77.6. The quantitative estimate of drug-likeness (QED) is 0.563. The lowest BCUT2D eigenvalue weighted by molar-refractivity contribution is 0.391. The Bertz CT molecular complexity index is 629. The number of phenols is 1. The number of halogens is 6. The van der Waals surface area contributed by atoms with Gasteiger partial charge in [0.05, 0.1) is 5.39 Å². The fourth-order valence-corrected chi connectivity index (χ4v) is 1.42. The second-order valence-electron chi connectivity index (χ2n) is 3.20. The van der Waals surface area contributed by atoms with Crippen LogP contribution in [0.25, 0.3) is 10.8 Å². The maximum Gasteiger partial charge on any atom is 0.204 e. The Morgan fingerprint density at radius 2 is 1.24 bits per heavy atom. The molecule has 0 bridgehead atoms. The van der Waals surface area contributed by atoms with E-state index in [-0.39, 0.29) is 6.07 Å². The van der Waals surface area contributed by atoms with E-state index in [1.54, 1.807) is 0 Å². The first kappa shape index (κ1) is 11.6. The average molecular weight is 252 g/mol. The lowest BCUT2D eigenvalue weighted by atomic mass is 10.1. The maximum atomic E-state index is 13.2. The Kier molecular flexibility index (Phi) is 2.41. The number of fused-ring (bicyclic) bond motifs is 1. The molecule has 7 heteroatoms. The first-order valence-electron chi connectivity index (χ1n) is 4.18. The predicted molar refractivity (Wildman–Crippen MR) is 45.4 cm³/mol. The molecule has 0 spiro atoms. The Hall–Kier alpha value is -1.92. The molecule has 0 aromatic heterocycles. The van der Waals surface area contributed by atoms with Crippen LogP contribution in [0.15, 0.2) is 6.07 Å². The second-order valence-corrected chi connectivity index (χ2v) is 3.20. The van der Waals surface area contributed by atoms with Crippen molar-refractivity contribution in [3.8, 4) is 5.75 Å². The first-order chi connectivity index (χ1) is 7.86. The summed E-state index contributed by atoms with van der Waals surface area (Å²) in [6.07, 6.45) is 0. The summed E-state index contributed by atoms with van der Waals surface area (Å²) in [4.78, 5) is 0. The molecule has 0 atom stereocenters. The highest BCUT2D eigenvalue weighted by Gasteiger charge is 2.25. The molecule has 0 radical (unpaired) electrons. The molecule has 0 aliphatic carbocycles. The van der Waals surface area contributed by atoms with Crippen LogP contribution in [-0.2, 0) is 0 Å². The Labute approximate surface area is 89.9 Å². The van der Waals surface area contributed by atoms with Crippen molar-refractivity contribution in [2.75, 3.05) is 0 Å². The monoisotopic (exact) mass is 252 g/mol. The molecule has 0 fully saturated rings. The number of aromatic hydroxyl groups is 1. The highest BCUT2D eigenvalue weighted by molar-refractivity contribution is 5.89. The van der Waals surface area contributed by atoms with Crippen LogP contribution < -0.4 is 0 Å². The summed E-state index contributed by atoms with van der Waals surface area (Å²) >= 11 is 0. The molecule has 17 heavy (non-hydrogen) atoms. The van der Waals surface area contributed by atoms with Crippen LogP contribution in [0.1, 0.15) is 0 Å².